The van der Waals surface area contributed by atoms with Crippen molar-refractivity contribution in [3.8, 4) is 0 Å². The Morgan fingerprint density at radius 3 is 2.33 bits per heavy atom. The zero-order valence-electron chi connectivity index (χ0n) is 13.8. The summed E-state index contributed by atoms with van der Waals surface area (Å²) >= 11 is 0. The van der Waals surface area contributed by atoms with Gasteiger partial charge in [0.25, 0.3) is 0 Å². The van der Waals surface area contributed by atoms with Gasteiger partial charge in [-0.3, -0.25) is 0 Å². The van der Waals surface area contributed by atoms with E-state index in [2.05, 4.69) is 0 Å². The normalized spacial score (nSPS) is 26.5. The molecule has 0 aromatic rings. The first kappa shape index (κ1) is 16.6. The number of amides is 1. The average Bonchev–Trinajstić information content (AvgIpc) is 2.45. The molecule has 1 aliphatic heterocycles. The van der Waals surface area contributed by atoms with Gasteiger partial charge in [0.05, 0.1) is 12.1 Å². The van der Waals surface area contributed by atoms with Crippen LogP contribution in [0.4, 0.5) is 4.79 Å². The van der Waals surface area contributed by atoms with Crippen molar-refractivity contribution in [3.63, 3.8) is 0 Å². The number of ether oxygens (including phenoxy) is 1. The molecule has 1 amide bonds. The molecular weight excluding hydrogens is 266 g/mol. The summed E-state index contributed by atoms with van der Waals surface area (Å²) in [6.45, 7) is 6.38. The number of rotatable bonds is 2. The van der Waals surface area contributed by atoms with Crippen molar-refractivity contribution in [2.45, 2.75) is 89.9 Å². The van der Waals surface area contributed by atoms with Crippen LogP contribution in [0.15, 0.2) is 0 Å². The van der Waals surface area contributed by atoms with E-state index < -0.39 is 11.7 Å². The number of carbonyl (C=O) groups excluding carboxylic acids is 1. The van der Waals surface area contributed by atoms with Crippen LogP contribution in [0.25, 0.3) is 0 Å². The van der Waals surface area contributed by atoms with Gasteiger partial charge in [0.1, 0.15) is 5.60 Å². The first-order valence-corrected chi connectivity index (χ1v) is 8.56. The van der Waals surface area contributed by atoms with Gasteiger partial charge in [0.2, 0.25) is 0 Å². The second kappa shape index (κ2) is 6.99. The van der Waals surface area contributed by atoms with Crippen LogP contribution in [0.5, 0.6) is 0 Å². The van der Waals surface area contributed by atoms with Crippen LogP contribution in [0, 0.1) is 5.92 Å². The minimum Gasteiger partial charge on any atom is -0.444 e. The molecule has 1 saturated heterocycles. The van der Waals surface area contributed by atoms with E-state index in [0.717, 1.165) is 32.1 Å². The summed E-state index contributed by atoms with van der Waals surface area (Å²) in [4.78, 5) is 14.2. The maximum absolute atomic E-state index is 12.4. The number of aliphatic hydroxyl groups excluding tert-OH is 1. The highest BCUT2D eigenvalue weighted by molar-refractivity contribution is 5.68. The Kier molecular flexibility index (Phi) is 5.53. The lowest BCUT2D eigenvalue weighted by Crippen LogP contribution is -2.53. The smallest absolute Gasteiger partial charge is 0.410 e. The highest BCUT2D eigenvalue weighted by atomic mass is 16.6. The summed E-state index contributed by atoms with van der Waals surface area (Å²) in [5.74, 6) is 0.354. The monoisotopic (exact) mass is 297 g/mol. The van der Waals surface area contributed by atoms with E-state index in [9.17, 15) is 9.90 Å². The lowest BCUT2D eigenvalue weighted by molar-refractivity contribution is -0.0364. The van der Waals surface area contributed by atoms with Gasteiger partial charge in [0.15, 0.2) is 0 Å². The highest BCUT2D eigenvalue weighted by Crippen LogP contribution is 2.32. The van der Waals surface area contributed by atoms with Crippen LogP contribution < -0.4 is 0 Å². The zero-order chi connectivity index (χ0) is 15.5. The Balaban J connectivity index is 2.02. The van der Waals surface area contributed by atoms with E-state index >= 15 is 0 Å². The Morgan fingerprint density at radius 2 is 1.71 bits per heavy atom. The van der Waals surface area contributed by atoms with Crippen molar-refractivity contribution in [1.29, 1.82) is 0 Å². The molecule has 122 valence electrons. The fourth-order valence-electron chi connectivity index (χ4n) is 3.65. The van der Waals surface area contributed by atoms with Gasteiger partial charge < -0.3 is 14.7 Å². The summed E-state index contributed by atoms with van der Waals surface area (Å²) in [6.07, 6.45) is 8.24. The van der Waals surface area contributed by atoms with Gasteiger partial charge >= 0.3 is 6.09 Å². The Bertz CT molecular complexity index is 344. The van der Waals surface area contributed by atoms with Crippen molar-refractivity contribution >= 4 is 6.09 Å². The number of carbonyl (C=O) groups is 1. The largest absolute Gasteiger partial charge is 0.444 e. The van der Waals surface area contributed by atoms with Crippen molar-refractivity contribution < 1.29 is 14.6 Å². The third kappa shape index (κ3) is 4.60. The van der Waals surface area contributed by atoms with Crippen molar-refractivity contribution in [3.05, 3.63) is 0 Å². The summed E-state index contributed by atoms with van der Waals surface area (Å²) in [7, 11) is 0. The summed E-state index contributed by atoms with van der Waals surface area (Å²) in [6, 6.07) is -0.0586. The minimum atomic E-state index is -0.477. The Labute approximate surface area is 128 Å². The van der Waals surface area contributed by atoms with Crippen molar-refractivity contribution in [2.75, 3.05) is 6.54 Å². The van der Waals surface area contributed by atoms with E-state index in [1.165, 1.54) is 19.3 Å². The zero-order valence-corrected chi connectivity index (χ0v) is 13.8. The molecule has 0 bridgehead atoms. The van der Waals surface area contributed by atoms with Gasteiger partial charge in [-0.1, -0.05) is 19.3 Å². The predicted molar refractivity (Wildman–Crippen MR) is 83.2 cm³/mol. The van der Waals surface area contributed by atoms with Gasteiger partial charge in [-0.15, -0.1) is 0 Å². The molecule has 21 heavy (non-hydrogen) atoms. The van der Waals surface area contributed by atoms with E-state index in [4.69, 9.17) is 4.74 Å². The quantitative estimate of drug-likeness (QED) is 0.845. The molecular formula is C17H31NO3. The molecule has 1 aliphatic carbocycles. The molecule has 0 aromatic carbocycles. The molecule has 0 radical (unpaired) electrons. The summed E-state index contributed by atoms with van der Waals surface area (Å²) in [5.41, 5.74) is -0.477. The van der Waals surface area contributed by atoms with E-state index in [1.807, 2.05) is 20.8 Å². The SMILES string of the molecule is CC(C)(C)OC(=O)N1CCCC[C@H]1[C@@H](O)C1CCCCC1. The van der Waals surface area contributed by atoms with Gasteiger partial charge in [-0.25, -0.2) is 4.79 Å². The number of piperidine rings is 1. The lowest BCUT2D eigenvalue weighted by atomic mass is 9.80. The van der Waals surface area contributed by atoms with E-state index in [-0.39, 0.29) is 12.1 Å². The number of hydrogen-bond donors (Lipinski definition) is 1. The average molecular weight is 297 g/mol. The predicted octanol–water partition coefficient (Wildman–Crippen LogP) is 3.72. The lowest BCUT2D eigenvalue weighted by Gasteiger charge is -2.42. The molecule has 1 heterocycles. The van der Waals surface area contributed by atoms with Gasteiger partial charge in [-0.2, -0.15) is 0 Å². The molecule has 0 spiro atoms. The second-order valence-corrected chi connectivity index (χ2v) is 7.63. The van der Waals surface area contributed by atoms with Crippen LogP contribution >= 0.6 is 0 Å². The fourth-order valence-corrected chi connectivity index (χ4v) is 3.65. The number of hydrogen-bond acceptors (Lipinski definition) is 3. The molecule has 2 aliphatic rings. The number of likely N-dealkylation sites (tertiary alicyclic amines) is 1. The van der Waals surface area contributed by atoms with Crippen LogP contribution in [0.2, 0.25) is 0 Å². The molecule has 4 nitrogen and oxygen atoms in total. The molecule has 4 heteroatoms. The standard InChI is InChI=1S/C17H31NO3/c1-17(2,3)21-16(20)18-12-8-7-11-14(18)15(19)13-9-5-4-6-10-13/h13-15,19H,4-12H2,1-3H3/t14-,15-/m0/s1. The summed E-state index contributed by atoms with van der Waals surface area (Å²) < 4.78 is 5.52. The van der Waals surface area contributed by atoms with Gasteiger partial charge in [0, 0.05) is 6.54 Å². The number of nitrogens with zero attached hydrogens (tertiary/aromatic N) is 1. The topological polar surface area (TPSA) is 49.8 Å². The van der Waals surface area contributed by atoms with Crippen molar-refractivity contribution in [1.82, 2.24) is 4.90 Å². The van der Waals surface area contributed by atoms with E-state index in [0.29, 0.717) is 12.5 Å². The molecule has 2 atom stereocenters. The maximum atomic E-state index is 12.4. The minimum absolute atomic E-state index is 0.0586. The van der Waals surface area contributed by atoms with Crippen LogP contribution in [-0.4, -0.2) is 40.4 Å². The molecule has 0 aromatic heterocycles. The first-order valence-electron chi connectivity index (χ1n) is 8.56. The maximum Gasteiger partial charge on any atom is 0.410 e. The molecule has 0 unspecified atom stereocenters. The summed E-state index contributed by atoms with van der Waals surface area (Å²) in [5, 5.41) is 10.8. The molecule has 1 saturated carbocycles. The molecule has 2 fully saturated rings. The number of aliphatic hydroxyl groups is 1. The fraction of sp³-hybridized carbons (Fsp3) is 0.941. The van der Waals surface area contributed by atoms with E-state index in [1.54, 1.807) is 4.90 Å². The van der Waals surface area contributed by atoms with Crippen LogP contribution in [0.3, 0.4) is 0 Å². The van der Waals surface area contributed by atoms with Crippen LogP contribution in [-0.2, 0) is 4.74 Å². The Hall–Kier alpha value is -0.770. The Morgan fingerprint density at radius 1 is 1.10 bits per heavy atom. The third-order valence-electron chi connectivity index (χ3n) is 4.70. The molecule has 1 N–H and O–H groups in total. The van der Waals surface area contributed by atoms with Crippen molar-refractivity contribution in [2.24, 2.45) is 5.92 Å². The molecule has 2 rings (SSSR count). The first-order chi connectivity index (χ1) is 9.88. The third-order valence-corrected chi connectivity index (χ3v) is 4.70. The van der Waals surface area contributed by atoms with Crippen LogP contribution in [0.1, 0.15) is 72.1 Å². The van der Waals surface area contributed by atoms with Gasteiger partial charge in [-0.05, 0) is 58.8 Å². The highest BCUT2D eigenvalue weighted by Gasteiger charge is 2.38. The second-order valence-electron chi connectivity index (χ2n) is 7.63.